The Labute approximate surface area is 206 Å². The molecule has 0 saturated carbocycles. The molecule has 0 fully saturated rings. The SMILES string of the molecule is COc1ccc(-c2cc(O)c(C)cc2OCCC2=NCC(c3ccc(C(F)(F)F)cc3)=CS2)cc1. The van der Waals surface area contributed by atoms with E-state index in [-0.39, 0.29) is 5.75 Å². The normalized spacial score (nSPS) is 13.7. The van der Waals surface area contributed by atoms with Crippen molar-refractivity contribution in [3.8, 4) is 28.4 Å². The van der Waals surface area contributed by atoms with Crippen molar-refractivity contribution in [2.75, 3.05) is 20.3 Å². The second-order valence-corrected chi connectivity index (χ2v) is 8.95. The number of phenolic OH excluding ortho intramolecular Hbond substituents is 1. The van der Waals surface area contributed by atoms with Gasteiger partial charge in [0.05, 0.1) is 30.9 Å². The quantitative estimate of drug-likeness (QED) is 0.369. The summed E-state index contributed by atoms with van der Waals surface area (Å²) in [5.74, 6) is 1.59. The summed E-state index contributed by atoms with van der Waals surface area (Å²) in [5, 5.41) is 13.0. The zero-order valence-electron chi connectivity index (χ0n) is 19.2. The third-order valence-corrected chi connectivity index (χ3v) is 6.63. The van der Waals surface area contributed by atoms with E-state index in [1.807, 2.05) is 42.7 Å². The lowest BCUT2D eigenvalue weighted by molar-refractivity contribution is -0.137. The van der Waals surface area contributed by atoms with E-state index in [1.54, 1.807) is 13.2 Å². The van der Waals surface area contributed by atoms with Gasteiger partial charge in [-0.1, -0.05) is 36.0 Å². The number of aryl methyl sites for hydroxylation is 1. The number of thioether (sulfide) groups is 1. The molecule has 8 heteroatoms. The number of aromatic hydroxyl groups is 1. The van der Waals surface area contributed by atoms with Gasteiger partial charge < -0.3 is 14.6 Å². The van der Waals surface area contributed by atoms with Crippen LogP contribution in [0.4, 0.5) is 13.2 Å². The Kier molecular flexibility index (Phi) is 7.40. The van der Waals surface area contributed by atoms with Crippen LogP contribution in [-0.2, 0) is 6.18 Å². The molecule has 3 aromatic carbocycles. The number of phenols is 1. The van der Waals surface area contributed by atoms with Gasteiger partial charge in [0.1, 0.15) is 17.2 Å². The summed E-state index contributed by atoms with van der Waals surface area (Å²) in [6, 6.07) is 16.2. The Morgan fingerprint density at radius 2 is 1.69 bits per heavy atom. The van der Waals surface area contributed by atoms with Crippen LogP contribution in [0.1, 0.15) is 23.1 Å². The number of benzene rings is 3. The summed E-state index contributed by atoms with van der Waals surface area (Å²) in [4.78, 5) is 4.58. The van der Waals surface area contributed by atoms with E-state index in [9.17, 15) is 18.3 Å². The lowest BCUT2D eigenvalue weighted by atomic mass is 10.0. The molecule has 4 rings (SSSR count). The molecule has 0 spiro atoms. The van der Waals surface area contributed by atoms with Crippen molar-refractivity contribution < 1.29 is 27.8 Å². The molecule has 0 bridgehead atoms. The molecule has 182 valence electrons. The number of rotatable bonds is 7. The molecule has 0 amide bonds. The molecule has 1 aliphatic rings. The number of methoxy groups -OCH3 is 1. The molecule has 1 N–H and O–H groups in total. The monoisotopic (exact) mass is 499 g/mol. The molecule has 0 atom stereocenters. The van der Waals surface area contributed by atoms with Crippen LogP contribution in [0, 0.1) is 6.92 Å². The Balaban J connectivity index is 1.38. The van der Waals surface area contributed by atoms with E-state index >= 15 is 0 Å². The van der Waals surface area contributed by atoms with Crippen molar-refractivity contribution in [3.05, 3.63) is 82.8 Å². The fourth-order valence-corrected chi connectivity index (χ4v) is 4.42. The first-order valence-electron chi connectivity index (χ1n) is 10.9. The molecular weight excluding hydrogens is 475 g/mol. The van der Waals surface area contributed by atoms with E-state index in [4.69, 9.17) is 9.47 Å². The van der Waals surface area contributed by atoms with Crippen molar-refractivity contribution in [1.29, 1.82) is 0 Å². The van der Waals surface area contributed by atoms with Crippen LogP contribution >= 0.6 is 11.8 Å². The number of halogens is 3. The summed E-state index contributed by atoms with van der Waals surface area (Å²) in [5.41, 5.74) is 3.33. The van der Waals surface area contributed by atoms with Crippen LogP contribution in [0.15, 0.2) is 71.1 Å². The Bertz CT molecular complexity index is 1250. The van der Waals surface area contributed by atoms with Crippen molar-refractivity contribution in [2.45, 2.75) is 19.5 Å². The van der Waals surface area contributed by atoms with Gasteiger partial charge in [0.25, 0.3) is 0 Å². The first-order chi connectivity index (χ1) is 16.7. The molecule has 35 heavy (non-hydrogen) atoms. The van der Waals surface area contributed by atoms with Crippen LogP contribution in [0.2, 0.25) is 0 Å². The lowest BCUT2D eigenvalue weighted by Gasteiger charge is -2.16. The van der Waals surface area contributed by atoms with Crippen LogP contribution in [0.25, 0.3) is 16.7 Å². The molecule has 0 aromatic heterocycles. The number of aliphatic imine (C=N–C) groups is 1. The number of ether oxygens (including phenoxy) is 2. The van der Waals surface area contributed by atoms with Gasteiger partial charge in [-0.2, -0.15) is 13.2 Å². The van der Waals surface area contributed by atoms with E-state index < -0.39 is 11.7 Å². The Morgan fingerprint density at radius 3 is 2.29 bits per heavy atom. The second-order valence-electron chi connectivity index (χ2n) is 8.01. The van der Waals surface area contributed by atoms with Gasteiger partial charge >= 0.3 is 6.18 Å². The van der Waals surface area contributed by atoms with Gasteiger partial charge in [0.2, 0.25) is 0 Å². The highest BCUT2D eigenvalue weighted by atomic mass is 32.2. The third-order valence-electron chi connectivity index (χ3n) is 5.62. The first kappa shape index (κ1) is 24.7. The lowest BCUT2D eigenvalue weighted by Crippen LogP contribution is -2.08. The van der Waals surface area contributed by atoms with E-state index in [0.29, 0.717) is 30.9 Å². The van der Waals surface area contributed by atoms with Gasteiger partial charge in [-0.25, -0.2) is 0 Å². The maximum Gasteiger partial charge on any atom is 0.416 e. The van der Waals surface area contributed by atoms with Crippen molar-refractivity contribution in [3.63, 3.8) is 0 Å². The number of nitrogens with zero attached hydrogens (tertiary/aromatic N) is 1. The molecule has 3 aromatic rings. The average Bonchev–Trinajstić information content (AvgIpc) is 2.86. The molecule has 1 aliphatic heterocycles. The maximum atomic E-state index is 12.8. The highest BCUT2D eigenvalue weighted by Crippen LogP contribution is 2.37. The smallest absolute Gasteiger partial charge is 0.416 e. The average molecular weight is 500 g/mol. The summed E-state index contributed by atoms with van der Waals surface area (Å²) in [6.07, 6.45) is -3.76. The molecule has 0 radical (unpaired) electrons. The highest BCUT2D eigenvalue weighted by molar-refractivity contribution is 8.16. The van der Waals surface area contributed by atoms with Gasteiger partial charge in [0.15, 0.2) is 0 Å². The predicted octanol–water partition coefficient (Wildman–Crippen LogP) is 7.35. The minimum atomic E-state index is -4.34. The molecule has 1 heterocycles. The van der Waals surface area contributed by atoms with Gasteiger partial charge in [-0.3, -0.25) is 4.99 Å². The molecule has 0 unspecified atom stereocenters. The van der Waals surface area contributed by atoms with E-state index in [1.165, 1.54) is 23.9 Å². The maximum absolute atomic E-state index is 12.8. The van der Waals surface area contributed by atoms with Crippen LogP contribution < -0.4 is 9.47 Å². The number of hydrogen-bond donors (Lipinski definition) is 1. The summed E-state index contributed by atoms with van der Waals surface area (Å²) < 4.78 is 49.6. The standard InChI is InChI=1S/C27H24F3NO3S/c1-17-13-25(23(14-24(17)32)19-5-9-22(33-2)10-6-19)34-12-11-26-31-15-20(16-35-26)18-3-7-21(8-4-18)27(28,29)30/h3-10,13-14,16,32H,11-12,15H2,1-2H3. The summed E-state index contributed by atoms with van der Waals surface area (Å²) >= 11 is 1.45. The minimum absolute atomic E-state index is 0.191. The molecule has 0 aliphatic carbocycles. The van der Waals surface area contributed by atoms with E-state index in [2.05, 4.69) is 4.99 Å². The second kappa shape index (κ2) is 10.5. The van der Waals surface area contributed by atoms with Crippen LogP contribution in [0.3, 0.4) is 0 Å². The zero-order valence-corrected chi connectivity index (χ0v) is 20.0. The molecule has 4 nitrogen and oxygen atoms in total. The minimum Gasteiger partial charge on any atom is -0.508 e. The summed E-state index contributed by atoms with van der Waals surface area (Å²) in [6.45, 7) is 2.61. The van der Waals surface area contributed by atoms with Crippen LogP contribution in [-0.4, -0.2) is 30.4 Å². The van der Waals surface area contributed by atoms with Gasteiger partial charge in [-0.05, 0) is 71.0 Å². The highest BCUT2D eigenvalue weighted by Gasteiger charge is 2.30. The van der Waals surface area contributed by atoms with Crippen molar-refractivity contribution >= 4 is 22.4 Å². The zero-order chi connectivity index (χ0) is 25.0. The largest absolute Gasteiger partial charge is 0.508 e. The van der Waals surface area contributed by atoms with E-state index in [0.717, 1.165) is 45.2 Å². The van der Waals surface area contributed by atoms with Crippen molar-refractivity contribution in [1.82, 2.24) is 0 Å². The van der Waals surface area contributed by atoms with Gasteiger partial charge in [0, 0.05) is 12.0 Å². The molecular formula is C27H24F3NO3S. The Morgan fingerprint density at radius 1 is 1.00 bits per heavy atom. The van der Waals surface area contributed by atoms with Crippen LogP contribution in [0.5, 0.6) is 17.2 Å². The topological polar surface area (TPSA) is 51.0 Å². The number of alkyl halides is 3. The fourth-order valence-electron chi connectivity index (χ4n) is 3.59. The fraction of sp³-hybridized carbons (Fsp3) is 0.222. The third kappa shape index (κ3) is 6.00. The first-order valence-corrected chi connectivity index (χ1v) is 11.8. The summed E-state index contributed by atoms with van der Waals surface area (Å²) in [7, 11) is 1.61. The number of hydrogen-bond acceptors (Lipinski definition) is 5. The molecule has 0 saturated heterocycles. The van der Waals surface area contributed by atoms with Crippen molar-refractivity contribution in [2.24, 2.45) is 4.99 Å². The predicted molar refractivity (Wildman–Crippen MR) is 134 cm³/mol. The van der Waals surface area contributed by atoms with Gasteiger partial charge in [-0.15, -0.1) is 0 Å². The Hall–Kier alpha value is -3.39.